The molecule has 0 radical (unpaired) electrons. The van der Waals surface area contributed by atoms with Crippen LogP contribution in [-0.2, 0) is 9.59 Å². The summed E-state index contributed by atoms with van der Waals surface area (Å²) in [6.45, 7) is 8.24. The zero-order valence-electron chi connectivity index (χ0n) is 22.7. The van der Waals surface area contributed by atoms with Crippen LogP contribution >= 0.6 is 0 Å². The molecule has 0 aliphatic carbocycles. The third kappa shape index (κ3) is 5.90. The number of nitrogens with one attached hydrogen (secondary N) is 2. The van der Waals surface area contributed by atoms with Crippen LogP contribution in [0.4, 0.5) is 23.1 Å². The Kier molecular flexibility index (Phi) is 8.50. The van der Waals surface area contributed by atoms with Gasteiger partial charge in [0, 0.05) is 55.9 Å². The van der Waals surface area contributed by atoms with Gasteiger partial charge in [0.25, 0.3) is 0 Å². The van der Waals surface area contributed by atoms with Gasteiger partial charge < -0.3 is 29.9 Å². The Morgan fingerprint density at radius 1 is 1.03 bits per heavy atom. The van der Waals surface area contributed by atoms with E-state index >= 15 is 0 Å². The fraction of sp³-hybridized carbons (Fsp3) is 0.429. The van der Waals surface area contributed by atoms with Crippen LogP contribution in [0.1, 0.15) is 33.6 Å². The molecule has 38 heavy (non-hydrogen) atoms. The SMILES string of the molecule is CCN(CC)C(=O)C1CCCN(c2nc(Nc3ccc(NC(C)=O)cc3)c3cc(OC)c(OC)cc3n2)C1. The maximum Gasteiger partial charge on any atom is 0.227 e. The number of carbonyl (C=O) groups is 2. The highest BCUT2D eigenvalue weighted by molar-refractivity contribution is 5.94. The number of anilines is 4. The van der Waals surface area contributed by atoms with Gasteiger partial charge in [-0.1, -0.05) is 0 Å². The monoisotopic (exact) mass is 520 g/mol. The molecule has 1 atom stereocenters. The van der Waals surface area contributed by atoms with Crippen LogP contribution < -0.4 is 25.0 Å². The highest BCUT2D eigenvalue weighted by Crippen LogP contribution is 2.36. The number of nitrogens with zero attached hydrogens (tertiary/aromatic N) is 4. The molecule has 2 amide bonds. The number of methoxy groups -OCH3 is 2. The quantitative estimate of drug-likeness (QED) is 0.426. The van der Waals surface area contributed by atoms with Gasteiger partial charge in [-0.15, -0.1) is 0 Å². The summed E-state index contributed by atoms with van der Waals surface area (Å²) >= 11 is 0. The molecule has 202 valence electrons. The van der Waals surface area contributed by atoms with Gasteiger partial charge in [-0.2, -0.15) is 4.98 Å². The highest BCUT2D eigenvalue weighted by Gasteiger charge is 2.30. The van der Waals surface area contributed by atoms with E-state index < -0.39 is 0 Å². The fourth-order valence-electron chi connectivity index (χ4n) is 4.81. The summed E-state index contributed by atoms with van der Waals surface area (Å²) < 4.78 is 11.1. The largest absolute Gasteiger partial charge is 0.493 e. The summed E-state index contributed by atoms with van der Waals surface area (Å²) in [6, 6.07) is 11.1. The molecule has 0 saturated carbocycles. The fourth-order valence-corrected chi connectivity index (χ4v) is 4.81. The molecule has 1 fully saturated rings. The molecule has 0 bridgehead atoms. The summed E-state index contributed by atoms with van der Waals surface area (Å²) in [7, 11) is 3.18. The highest BCUT2D eigenvalue weighted by atomic mass is 16.5. The maximum absolute atomic E-state index is 13.1. The first-order valence-electron chi connectivity index (χ1n) is 13.0. The number of benzene rings is 2. The molecule has 2 N–H and O–H groups in total. The minimum absolute atomic E-state index is 0.0916. The van der Waals surface area contributed by atoms with E-state index in [1.54, 1.807) is 14.2 Å². The topological polar surface area (TPSA) is 109 Å². The second-order valence-electron chi connectivity index (χ2n) is 9.28. The van der Waals surface area contributed by atoms with Crippen molar-refractivity contribution in [2.45, 2.75) is 33.6 Å². The van der Waals surface area contributed by atoms with Crippen molar-refractivity contribution in [3.8, 4) is 11.5 Å². The predicted molar refractivity (Wildman–Crippen MR) is 150 cm³/mol. The summed E-state index contributed by atoms with van der Waals surface area (Å²) in [5.41, 5.74) is 2.20. The average molecular weight is 521 g/mol. The summed E-state index contributed by atoms with van der Waals surface area (Å²) in [6.07, 6.45) is 1.74. The molecule has 10 heteroatoms. The smallest absolute Gasteiger partial charge is 0.227 e. The molecule has 1 aliphatic rings. The normalized spacial score (nSPS) is 15.2. The van der Waals surface area contributed by atoms with Crippen molar-refractivity contribution in [1.29, 1.82) is 0 Å². The number of rotatable bonds is 9. The third-order valence-corrected chi connectivity index (χ3v) is 6.79. The van der Waals surface area contributed by atoms with E-state index in [1.165, 1.54) is 6.92 Å². The van der Waals surface area contributed by atoms with E-state index in [-0.39, 0.29) is 17.7 Å². The number of amides is 2. The van der Waals surface area contributed by atoms with E-state index in [0.717, 1.165) is 30.5 Å². The van der Waals surface area contributed by atoms with Gasteiger partial charge in [-0.05, 0) is 57.0 Å². The maximum atomic E-state index is 13.1. The van der Waals surface area contributed by atoms with Crippen molar-refractivity contribution in [1.82, 2.24) is 14.9 Å². The van der Waals surface area contributed by atoms with Crippen LogP contribution in [-0.4, -0.2) is 67.1 Å². The van der Waals surface area contributed by atoms with Crippen molar-refractivity contribution >= 4 is 45.9 Å². The first-order valence-corrected chi connectivity index (χ1v) is 13.0. The molecule has 2 aromatic carbocycles. The van der Waals surface area contributed by atoms with E-state index in [0.29, 0.717) is 54.1 Å². The third-order valence-electron chi connectivity index (χ3n) is 6.79. The van der Waals surface area contributed by atoms with Gasteiger partial charge in [-0.25, -0.2) is 4.98 Å². The molecule has 3 aromatic rings. The lowest BCUT2D eigenvalue weighted by atomic mass is 9.96. The van der Waals surface area contributed by atoms with Gasteiger partial charge in [0.15, 0.2) is 11.5 Å². The van der Waals surface area contributed by atoms with Crippen molar-refractivity contribution in [3.05, 3.63) is 36.4 Å². The molecule has 1 unspecified atom stereocenters. The molecule has 1 saturated heterocycles. The number of hydrogen-bond donors (Lipinski definition) is 2. The van der Waals surface area contributed by atoms with Crippen molar-refractivity contribution in [2.24, 2.45) is 5.92 Å². The zero-order chi connectivity index (χ0) is 27.2. The van der Waals surface area contributed by atoms with Crippen LogP contribution in [0.5, 0.6) is 11.5 Å². The summed E-state index contributed by atoms with van der Waals surface area (Å²) in [5, 5.41) is 6.95. The number of ether oxygens (including phenoxy) is 2. The molecular weight excluding hydrogens is 484 g/mol. The molecule has 1 aromatic heterocycles. The lowest BCUT2D eigenvalue weighted by molar-refractivity contribution is -0.135. The molecule has 10 nitrogen and oxygen atoms in total. The van der Waals surface area contributed by atoms with E-state index in [2.05, 4.69) is 15.5 Å². The first-order chi connectivity index (χ1) is 18.4. The average Bonchev–Trinajstić information content (AvgIpc) is 2.93. The summed E-state index contributed by atoms with van der Waals surface area (Å²) in [4.78, 5) is 38.3. The number of fused-ring (bicyclic) bond motifs is 1. The van der Waals surface area contributed by atoms with E-state index in [4.69, 9.17) is 19.4 Å². The molecule has 0 spiro atoms. The van der Waals surface area contributed by atoms with Crippen LogP contribution in [0.25, 0.3) is 10.9 Å². The number of piperidine rings is 1. The molecule has 2 heterocycles. The first kappa shape index (κ1) is 27.0. The Bertz CT molecular complexity index is 1290. The standard InChI is InChI=1S/C28H36N6O4/c1-6-33(7-2)27(36)19-9-8-14-34(17-19)28-31-23-16-25(38-5)24(37-4)15-22(23)26(32-28)30-21-12-10-20(11-13-21)29-18(3)35/h10-13,15-16,19H,6-9,14,17H2,1-5H3,(H,29,35)(H,30,31,32). The van der Waals surface area contributed by atoms with Gasteiger partial charge in [0.2, 0.25) is 17.8 Å². The van der Waals surface area contributed by atoms with Crippen molar-refractivity contribution in [2.75, 3.05) is 55.9 Å². The van der Waals surface area contributed by atoms with E-state index in [1.807, 2.05) is 55.1 Å². The van der Waals surface area contributed by atoms with Crippen molar-refractivity contribution in [3.63, 3.8) is 0 Å². The Morgan fingerprint density at radius 2 is 1.68 bits per heavy atom. The number of carbonyl (C=O) groups excluding carboxylic acids is 2. The Morgan fingerprint density at radius 3 is 2.32 bits per heavy atom. The number of aromatic nitrogens is 2. The van der Waals surface area contributed by atoms with Gasteiger partial charge in [-0.3, -0.25) is 9.59 Å². The summed E-state index contributed by atoms with van der Waals surface area (Å²) in [5.74, 6) is 2.27. The molecule has 4 rings (SSSR count). The lowest BCUT2D eigenvalue weighted by Gasteiger charge is -2.34. The minimum atomic E-state index is -0.127. The van der Waals surface area contributed by atoms with Crippen LogP contribution in [0.2, 0.25) is 0 Å². The van der Waals surface area contributed by atoms with Gasteiger partial charge in [0.1, 0.15) is 5.82 Å². The molecular formula is C28H36N6O4. The van der Waals surface area contributed by atoms with Crippen LogP contribution in [0, 0.1) is 5.92 Å². The second-order valence-corrected chi connectivity index (χ2v) is 9.28. The Hall–Kier alpha value is -4.08. The molecule has 1 aliphatic heterocycles. The van der Waals surface area contributed by atoms with E-state index in [9.17, 15) is 9.59 Å². The Balaban J connectivity index is 1.72. The minimum Gasteiger partial charge on any atom is -0.493 e. The van der Waals surface area contributed by atoms with Crippen LogP contribution in [0.3, 0.4) is 0 Å². The van der Waals surface area contributed by atoms with Crippen molar-refractivity contribution < 1.29 is 19.1 Å². The predicted octanol–water partition coefficient (Wildman–Crippen LogP) is 4.43. The second kappa shape index (κ2) is 12.0. The van der Waals surface area contributed by atoms with Gasteiger partial charge in [0.05, 0.1) is 25.7 Å². The Labute approximate surface area is 223 Å². The van der Waals surface area contributed by atoms with Gasteiger partial charge >= 0.3 is 0 Å². The van der Waals surface area contributed by atoms with Crippen LogP contribution in [0.15, 0.2) is 36.4 Å². The lowest BCUT2D eigenvalue weighted by Crippen LogP contribution is -2.45. The zero-order valence-corrected chi connectivity index (χ0v) is 22.7. The number of hydrogen-bond acceptors (Lipinski definition) is 8.